The first-order valence-corrected chi connectivity index (χ1v) is 11.7. The number of benzene rings is 1. The lowest BCUT2D eigenvalue weighted by atomic mass is 10.00. The van der Waals surface area contributed by atoms with Crippen molar-refractivity contribution < 1.29 is 13.2 Å². The minimum Gasteiger partial charge on any atom is -0.337 e. The Kier molecular flexibility index (Phi) is 6.62. The molecule has 158 valence electrons. The first-order chi connectivity index (χ1) is 13.8. The lowest BCUT2D eigenvalue weighted by Gasteiger charge is -2.34. The van der Waals surface area contributed by atoms with E-state index in [1.165, 1.54) is 4.31 Å². The smallest absolute Gasteiger partial charge is 0.243 e. The van der Waals surface area contributed by atoms with Gasteiger partial charge in [0.05, 0.1) is 17.5 Å². The van der Waals surface area contributed by atoms with E-state index in [4.69, 9.17) is 0 Å². The van der Waals surface area contributed by atoms with Gasteiger partial charge in [-0.3, -0.25) is 9.69 Å². The van der Waals surface area contributed by atoms with Gasteiger partial charge in [0.2, 0.25) is 15.9 Å². The highest BCUT2D eigenvalue weighted by Gasteiger charge is 2.36. The molecule has 0 radical (unpaired) electrons. The molecule has 0 unspecified atom stereocenters. The highest BCUT2D eigenvalue weighted by molar-refractivity contribution is 7.89. The molecule has 1 N–H and O–H groups in total. The van der Waals surface area contributed by atoms with E-state index in [0.29, 0.717) is 49.8 Å². The van der Waals surface area contributed by atoms with Gasteiger partial charge in [-0.1, -0.05) is 26.0 Å². The van der Waals surface area contributed by atoms with Crippen LogP contribution in [0.5, 0.6) is 0 Å². The molecule has 7 nitrogen and oxygen atoms in total. The van der Waals surface area contributed by atoms with Gasteiger partial charge in [-0.25, -0.2) is 8.42 Å². The number of nitriles is 1. The van der Waals surface area contributed by atoms with Gasteiger partial charge < -0.3 is 5.32 Å². The third-order valence-electron chi connectivity index (χ3n) is 5.93. The van der Waals surface area contributed by atoms with Crippen LogP contribution in [-0.4, -0.2) is 61.8 Å². The van der Waals surface area contributed by atoms with Gasteiger partial charge in [0.25, 0.3) is 0 Å². The number of carbonyl (C=O) groups excluding carboxylic acids is 1. The van der Waals surface area contributed by atoms with Gasteiger partial charge in [-0.2, -0.15) is 9.57 Å². The number of hydrogen-bond acceptors (Lipinski definition) is 5. The Labute approximate surface area is 173 Å². The van der Waals surface area contributed by atoms with Crippen molar-refractivity contribution in [3.8, 4) is 6.07 Å². The number of nitrogens with zero attached hydrogens (tertiary/aromatic N) is 3. The normalized spacial score (nSPS) is 20.5. The second-order valence-electron chi connectivity index (χ2n) is 8.35. The molecule has 1 saturated heterocycles. The fourth-order valence-corrected chi connectivity index (χ4v) is 5.48. The quantitative estimate of drug-likeness (QED) is 0.763. The third kappa shape index (κ3) is 4.97. The SMILES string of the molecule is CC(C)c1ccc(S(=O)(=O)N2CCN(CC(=O)NC3(C#N)CCCC3)CC2)cc1. The summed E-state index contributed by atoms with van der Waals surface area (Å²) < 4.78 is 27.3. The van der Waals surface area contributed by atoms with Crippen LogP contribution < -0.4 is 5.32 Å². The zero-order valence-electron chi connectivity index (χ0n) is 17.2. The number of piperazine rings is 1. The van der Waals surface area contributed by atoms with Crippen LogP contribution in [0.4, 0.5) is 0 Å². The minimum atomic E-state index is -3.53. The maximum absolute atomic E-state index is 12.9. The van der Waals surface area contributed by atoms with Crippen molar-refractivity contribution in [2.45, 2.75) is 55.9 Å². The average molecular weight is 419 g/mol. The van der Waals surface area contributed by atoms with Crippen LogP contribution in [0.25, 0.3) is 0 Å². The van der Waals surface area contributed by atoms with E-state index >= 15 is 0 Å². The van der Waals surface area contributed by atoms with Crippen LogP contribution in [-0.2, 0) is 14.8 Å². The molecular formula is C21H30N4O3S. The van der Waals surface area contributed by atoms with Crippen LogP contribution in [0.1, 0.15) is 51.0 Å². The maximum atomic E-state index is 12.9. The molecule has 29 heavy (non-hydrogen) atoms. The van der Waals surface area contributed by atoms with E-state index < -0.39 is 15.6 Å². The Balaban J connectivity index is 1.54. The van der Waals surface area contributed by atoms with Gasteiger partial charge in [0.1, 0.15) is 5.54 Å². The average Bonchev–Trinajstić information content (AvgIpc) is 3.17. The standard InChI is InChI=1S/C21H30N4O3S/c1-17(2)18-5-7-19(8-6-18)29(27,28)25-13-11-24(12-14-25)15-20(26)23-21(16-22)9-3-4-10-21/h5-8,17H,3-4,9-15H2,1-2H3,(H,23,26). The van der Waals surface area contributed by atoms with Crippen molar-refractivity contribution in [3.63, 3.8) is 0 Å². The molecular weight excluding hydrogens is 388 g/mol. The number of sulfonamides is 1. The molecule has 1 aromatic carbocycles. The van der Waals surface area contributed by atoms with Gasteiger partial charge in [0.15, 0.2) is 0 Å². The Morgan fingerprint density at radius 2 is 1.72 bits per heavy atom. The molecule has 1 heterocycles. The summed E-state index contributed by atoms with van der Waals surface area (Å²) in [7, 11) is -3.53. The van der Waals surface area contributed by atoms with E-state index in [9.17, 15) is 18.5 Å². The fraction of sp³-hybridized carbons (Fsp3) is 0.619. The monoisotopic (exact) mass is 418 g/mol. The fourth-order valence-electron chi connectivity index (χ4n) is 4.05. The molecule has 8 heteroatoms. The molecule has 1 saturated carbocycles. The first kappa shape index (κ1) is 21.8. The lowest BCUT2D eigenvalue weighted by molar-refractivity contribution is -0.123. The third-order valence-corrected chi connectivity index (χ3v) is 7.85. The van der Waals surface area contributed by atoms with Crippen LogP contribution >= 0.6 is 0 Å². The zero-order valence-corrected chi connectivity index (χ0v) is 18.0. The number of hydrogen-bond donors (Lipinski definition) is 1. The molecule has 1 aliphatic heterocycles. The van der Waals surface area contributed by atoms with Crippen molar-refractivity contribution >= 4 is 15.9 Å². The molecule has 0 spiro atoms. The van der Waals surface area contributed by atoms with Crippen molar-refractivity contribution in [1.29, 1.82) is 5.26 Å². The predicted molar refractivity (Wildman–Crippen MR) is 111 cm³/mol. The van der Waals surface area contributed by atoms with E-state index in [-0.39, 0.29) is 12.5 Å². The van der Waals surface area contributed by atoms with E-state index in [2.05, 4.69) is 25.2 Å². The Bertz CT molecular complexity index is 860. The molecule has 2 fully saturated rings. The highest BCUT2D eigenvalue weighted by Crippen LogP contribution is 2.28. The molecule has 1 aliphatic carbocycles. The van der Waals surface area contributed by atoms with Crippen LogP contribution in [0, 0.1) is 11.3 Å². The Morgan fingerprint density at radius 1 is 1.14 bits per heavy atom. The first-order valence-electron chi connectivity index (χ1n) is 10.3. The summed E-state index contributed by atoms with van der Waals surface area (Å²) in [6, 6.07) is 9.35. The van der Waals surface area contributed by atoms with Crippen molar-refractivity contribution in [2.75, 3.05) is 32.7 Å². The molecule has 0 bridgehead atoms. The van der Waals surface area contributed by atoms with Crippen LogP contribution in [0.2, 0.25) is 0 Å². The van der Waals surface area contributed by atoms with E-state index in [0.717, 1.165) is 18.4 Å². The van der Waals surface area contributed by atoms with Gasteiger partial charge in [-0.15, -0.1) is 0 Å². The maximum Gasteiger partial charge on any atom is 0.243 e. The summed E-state index contributed by atoms with van der Waals surface area (Å²) in [5.41, 5.74) is 0.391. The van der Waals surface area contributed by atoms with Crippen molar-refractivity contribution in [1.82, 2.24) is 14.5 Å². The number of carbonyl (C=O) groups is 1. The van der Waals surface area contributed by atoms with E-state index in [1.54, 1.807) is 12.1 Å². The molecule has 2 aliphatic rings. The van der Waals surface area contributed by atoms with Crippen LogP contribution in [0.3, 0.4) is 0 Å². The molecule has 1 aromatic rings. The number of rotatable bonds is 6. The van der Waals surface area contributed by atoms with Crippen LogP contribution in [0.15, 0.2) is 29.2 Å². The molecule has 1 amide bonds. The second-order valence-corrected chi connectivity index (χ2v) is 10.3. The summed E-state index contributed by atoms with van der Waals surface area (Å²) in [6.07, 6.45) is 3.33. The van der Waals surface area contributed by atoms with Crippen molar-refractivity contribution in [2.24, 2.45) is 0 Å². The lowest BCUT2D eigenvalue weighted by Crippen LogP contribution is -2.53. The van der Waals surface area contributed by atoms with Gasteiger partial charge in [-0.05, 0) is 49.3 Å². The summed E-state index contributed by atoms with van der Waals surface area (Å²) >= 11 is 0. The second kappa shape index (κ2) is 8.82. The molecule has 0 atom stereocenters. The van der Waals surface area contributed by atoms with Gasteiger partial charge in [0, 0.05) is 26.2 Å². The number of amides is 1. The Morgan fingerprint density at radius 3 is 2.24 bits per heavy atom. The van der Waals surface area contributed by atoms with Gasteiger partial charge >= 0.3 is 0 Å². The summed E-state index contributed by atoms with van der Waals surface area (Å²) in [6.45, 7) is 6.04. The molecule has 0 aromatic heterocycles. The van der Waals surface area contributed by atoms with E-state index in [1.807, 2.05) is 17.0 Å². The summed E-state index contributed by atoms with van der Waals surface area (Å²) in [5.74, 6) is 0.194. The topological polar surface area (TPSA) is 93.5 Å². The summed E-state index contributed by atoms with van der Waals surface area (Å²) in [5, 5.41) is 12.3. The highest BCUT2D eigenvalue weighted by atomic mass is 32.2. The Hall–Kier alpha value is -1.95. The number of nitrogens with one attached hydrogen (secondary N) is 1. The summed E-state index contributed by atoms with van der Waals surface area (Å²) in [4.78, 5) is 14.6. The minimum absolute atomic E-state index is 0.158. The predicted octanol–water partition coefficient (Wildman–Crippen LogP) is 2.07. The zero-order chi connectivity index (χ0) is 21.1. The molecule has 3 rings (SSSR count). The largest absolute Gasteiger partial charge is 0.337 e. The van der Waals surface area contributed by atoms with Crippen molar-refractivity contribution in [3.05, 3.63) is 29.8 Å².